The van der Waals surface area contributed by atoms with Gasteiger partial charge < -0.3 is 24.4 Å². The summed E-state index contributed by atoms with van der Waals surface area (Å²) in [5, 5.41) is 11.2. The van der Waals surface area contributed by atoms with Gasteiger partial charge >= 0.3 is 11.7 Å². The highest BCUT2D eigenvalue weighted by atomic mass is 35.5. The number of amides is 1. The highest BCUT2D eigenvalue weighted by Crippen LogP contribution is 2.30. The van der Waals surface area contributed by atoms with E-state index in [0.29, 0.717) is 35.8 Å². The normalized spacial score (nSPS) is 18.9. The Hall–Kier alpha value is -4.73. The SMILES string of the molecule is C=CC(=O)N1CCN(c2nc(OCC3CCCN3C)nc3c(=O)n(-c4cccc5cccc(Cl)c45)c(=O)[nH]c23)CC1CC#N. The summed E-state index contributed by atoms with van der Waals surface area (Å²) in [5.41, 5.74) is -0.907. The third-order valence-corrected chi connectivity index (χ3v) is 8.74. The lowest BCUT2D eigenvalue weighted by atomic mass is 10.1. The number of ether oxygens (including phenoxy) is 1. The van der Waals surface area contributed by atoms with Gasteiger partial charge in [0.1, 0.15) is 12.1 Å². The Labute approximate surface area is 257 Å². The molecule has 44 heavy (non-hydrogen) atoms. The summed E-state index contributed by atoms with van der Waals surface area (Å²) in [6, 6.07) is 12.5. The molecular formula is C31H31ClN8O4. The highest BCUT2D eigenvalue weighted by molar-refractivity contribution is 6.36. The maximum atomic E-state index is 14.2. The smallest absolute Gasteiger partial charge is 0.333 e. The van der Waals surface area contributed by atoms with Crippen LogP contribution in [0.1, 0.15) is 19.3 Å². The lowest BCUT2D eigenvalue weighted by molar-refractivity contribution is -0.128. The summed E-state index contributed by atoms with van der Waals surface area (Å²) < 4.78 is 7.12. The summed E-state index contributed by atoms with van der Waals surface area (Å²) in [7, 11) is 2.03. The van der Waals surface area contributed by atoms with Gasteiger partial charge in [0, 0.05) is 31.1 Å². The van der Waals surface area contributed by atoms with Gasteiger partial charge in [-0.2, -0.15) is 15.2 Å². The van der Waals surface area contributed by atoms with Crippen molar-refractivity contribution < 1.29 is 9.53 Å². The van der Waals surface area contributed by atoms with Gasteiger partial charge in [-0.15, -0.1) is 0 Å². The van der Waals surface area contributed by atoms with Crippen molar-refractivity contribution in [2.75, 3.05) is 44.7 Å². The molecule has 6 rings (SSSR count). The van der Waals surface area contributed by atoms with E-state index >= 15 is 0 Å². The predicted molar refractivity (Wildman–Crippen MR) is 168 cm³/mol. The van der Waals surface area contributed by atoms with Gasteiger partial charge in [-0.1, -0.05) is 42.4 Å². The molecule has 2 aromatic heterocycles. The monoisotopic (exact) mass is 614 g/mol. The third kappa shape index (κ3) is 5.29. The number of aromatic amines is 1. The first-order valence-electron chi connectivity index (χ1n) is 14.4. The van der Waals surface area contributed by atoms with E-state index in [-0.39, 0.29) is 47.8 Å². The minimum absolute atomic E-state index is 0.000816. The molecule has 2 atom stereocenters. The molecule has 2 aliphatic rings. The minimum Gasteiger partial charge on any atom is -0.462 e. The molecule has 4 heterocycles. The predicted octanol–water partition coefficient (Wildman–Crippen LogP) is 2.87. The van der Waals surface area contributed by atoms with E-state index in [9.17, 15) is 19.6 Å². The standard InChI is InChI=1S/C31H31ClN8O4/c1-3-24(41)39-16-15-38(17-20(39)12-13-33)28-26-27(34-30(36-28)44-18-21-9-6-14-37(21)2)29(42)40(31(43)35-26)23-11-5-8-19-7-4-10-22(32)25(19)23/h3-5,7-8,10-11,20-21H,1,6,9,12,14-18H2,2H3,(H,35,43). The number of rotatable bonds is 7. The van der Waals surface area contributed by atoms with E-state index in [0.717, 1.165) is 29.3 Å². The second-order valence-corrected chi connectivity index (χ2v) is 11.4. The van der Waals surface area contributed by atoms with Gasteiger partial charge in [0.15, 0.2) is 11.3 Å². The van der Waals surface area contributed by atoms with E-state index in [4.69, 9.17) is 16.3 Å². The number of anilines is 1. The zero-order chi connectivity index (χ0) is 31.0. The van der Waals surface area contributed by atoms with Gasteiger partial charge in [-0.25, -0.2) is 9.36 Å². The van der Waals surface area contributed by atoms with E-state index in [1.54, 1.807) is 29.2 Å². The summed E-state index contributed by atoms with van der Waals surface area (Å²) in [6.45, 7) is 5.75. The van der Waals surface area contributed by atoms with Gasteiger partial charge in [0.25, 0.3) is 5.56 Å². The molecule has 0 radical (unpaired) electrons. The number of H-pyrrole nitrogens is 1. The number of piperazine rings is 1. The number of likely N-dealkylation sites (tertiary alicyclic amines) is 1. The van der Waals surface area contributed by atoms with Gasteiger partial charge in [-0.05, 0) is 50.0 Å². The van der Waals surface area contributed by atoms with E-state index in [1.807, 2.05) is 24.1 Å². The summed E-state index contributed by atoms with van der Waals surface area (Å²) in [5.74, 6) is 0.0166. The van der Waals surface area contributed by atoms with Crippen molar-refractivity contribution in [1.82, 2.24) is 29.3 Å². The molecule has 0 saturated carbocycles. The molecule has 2 unspecified atom stereocenters. The van der Waals surface area contributed by atoms with Crippen LogP contribution in [0.4, 0.5) is 5.82 Å². The van der Waals surface area contributed by atoms with Crippen LogP contribution in [0.2, 0.25) is 5.02 Å². The molecule has 2 aliphatic heterocycles. The number of hydrogen-bond donors (Lipinski definition) is 1. The average molecular weight is 615 g/mol. The van der Waals surface area contributed by atoms with Crippen LogP contribution in [0, 0.1) is 11.3 Å². The van der Waals surface area contributed by atoms with Crippen molar-refractivity contribution in [2.24, 2.45) is 0 Å². The quantitative estimate of drug-likeness (QED) is 0.311. The van der Waals surface area contributed by atoms with E-state index < -0.39 is 17.3 Å². The Bertz CT molecular complexity index is 1930. The number of carbonyl (C=O) groups excluding carboxylic acids is 1. The van der Waals surface area contributed by atoms with Crippen LogP contribution in [0.3, 0.4) is 0 Å². The number of nitrogens with zero attached hydrogens (tertiary/aromatic N) is 7. The zero-order valence-corrected chi connectivity index (χ0v) is 25.0. The first-order valence-corrected chi connectivity index (χ1v) is 14.8. The van der Waals surface area contributed by atoms with E-state index in [1.165, 1.54) is 6.08 Å². The first kappa shape index (κ1) is 29.3. The molecule has 1 amide bonds. The number of nitriles is 1. The van der Waals surface area contributed by atoms with Crippen LogP contribution in [-0.4, -0.2) is 87.1 Å². The number of fused-ring (bicyclic) bond motifs is 2. The molecule has 0 bridgehead atoms. The largest absolute Gasteiger partial charge is 0.462 e. The number of likely N-dealkylation sites (N-methyl/N-ethyl adjacent to an activating group) is 1. The number of benzene rings is 2. The van der Waals surface area contributed by atoms with Crippen LogP contribution in [0.25, 0.3) is 27.5 Å². The molecule has 2 aromatic carbocycles. The molecule has 1 N–H and O–H groups in total. The fraction of sp³-hybridized carbons (Fsp3) is 0.355. The molecule has 12 nitrogen and oxygen atoms in total. The highest BCUT2D eigenvalue weighted by Gasteiger charge is 2.32. The lowest BCUT2D eigenvalue weighted by Gasteiger charge is -2.40. The van der Waals surface area contributed by atoms with Crippen LogP contribution in [-0.2, 0) is 4.79 Å². The second-order valence-electron chi connectivity index (χ2n) is 11.0. The molecule has 2 saturated heterocycles. The Kier molecular flexibility index (Phi) is 8.07. The van der Waals surface area contributed by atoms with Crippen molar-refractivity contribution in [1.29, 1.82) is 5.26 Å². The topological polar surface area (TPSA) is 140 Å². The Morgan fingerprint density at radius 2 is 1.98 bits per heavy atom. The molecule has 0 spiro atoms. The van der Waals surface area contributed by atoms with Crippen molar-refractivity contribution >= 4 is 45.1 Å². The summed E-state index contributed by atoms with van der Waals surface area (Å²) in [6.07, 6.45) is 3.34. The number of hydrogen-bond acceptors (Lipinski definition) is 9. The fourth-order valence-electron chi connectivity index (χ4n) is 6.13. The maximum Gasteiger partial charge on any atom is 0.333 e. The van der Waals surface area contributed by atoms with Crippen molar-refractivity contribution in [3.63, 3.8) is 0 Å². The lowest BCUT2D eigenvalue weighted by Crippen LogP contribution is -2.55. The Balaban J connectivity index is 1.50. The number of halogens is 1. The molecular weight excluding hydrogens is 584 g/mol. The van der Waals surface area contributed by atoms with Gasteiger partial charge in [0.05, 0.1) is 29.2 Å². The third-order valence-electron chi connectivity index (χ3n) is 8.43. The van der Waals surface area contributed by atoms with Crippen molar-refractivity contribution in [2.45, 2.75) is 31.3 Å². The number of nitrogens with one attached hydrogen (secondary N) is 1. The number of carbonyl (C=O) groups is 1. The average Bonchev–Trinajstić information content (AvgIpc) is 3.44. The Morgan fingerprint density at radius 3 is 2.70 bits per heavy atom. The molecule has 13 heteroatoms. The summed E-state index contributed by atoms with van der Waals surface area (Å²) >= 11 is 6.55. The fourth-order valence-corrected chi connectivity index (χ4v) is 6.41. The Morgan fingerprint density at radius 1 is 1.18 bits per heavy atom. The minimum atomic E-state index is -0.685. The van der Waals surface area contributed by atoms with E-state index in [2.05, 4.69) is 32.5 Å². The van der Waals surface area contributed by atoms with Crippen molar-refractivity contribution in [3.05, 3.63) is 74.9 Å². The van der Waals surface area contributed by atoms with Crippen molar-refractivity contribution in [3.8, 4) is 17.8 Å². The zero-order valence-electron chi connectivity index (χ0n) is 24.2. The molecule has 226 valence electrons. The second kappa shape index (κ2) is 12.1. The maximum absolute atomic E-state index is 14.2. The van der Waals surface area contributed by atoms with Crippen LogP contribution in [0.15, 0.2) is 58.6 Å². The first-order chi connectivity index (χ1) is 21.3. The molecule has 4 aromatic rings. The van der Waals surface area contributed by atoms with Gasteiger partial charge in [-0.3, -0.25) is 9.59 Å². The van der Waals surface area contributed by atoms with Crippen LogP contribution < -0.4 is 20.9 Å². The number of aromatic nitrogens is 4. The molecule has 2 fully saturated rings. The van der Waals surface area contributed by atoms with Crippen LogP contribution in [0.5, 0.6) is 6.01 Å². The van der Waals surface area contributed by atoms with Crippen LogP contribution >= 0.6 is 11.6 Å². The summed E-state index contributed by atoms with van der Waals surface area (Å²) in [4.78, 5) is 58.0. The molecule has 0 aliphatic carbocycles. The van der Waals surface area contributed by atoms with Gasteiger partial charge in [0.2, 0.25) is 5.91 Å².